The van der Waals surface area contributed by atoms with E-state index in [2.05, 4.69) is 5.32 Å². The van der Waals surface area contributed by atoms with Gasteiger partial charge in [-0.15, -0.1) is 0 Å². The molecule has 0 saturated heterocycles. The minimum atomic E-state index is -4.41. The van der Waals surface area contributed by atoms with Crippen LogP contribution in [0.25, 0.3) is 0 Å². The number of nitrogens with zero attached hydrogens (tertiary/aromatic N) is 1. The topological polar surface area (TPSA) is 52.6 Å². The van der Waals surface area contributed by atoms with Crippen LogP contribution in [0.5, 0.6) is 0 Å². The first kappa shape index (κ1) is 17.5. The highest BCUT2D eigenvalue weighted by Gasteiger charge is 2.31. The van der Waals surface area contributed by atoms with Crippen LogP contribution in [0.4, 0.5) is 18.9 Å². The van der Waals surface area contributed by atoms with Crippen molar-refractivity contribution in [3.63, 3.8) is 0 Å². The molecule has 2 N–H and O–H groups in total. The van der Waals surface area contributed by atoms with Crippen molar-refractivity contribution in [2.45, 2.75) is 20.0 Å². The van der Waals surface area contributed by atoms with Gasteiger partial charge in [0.2, 0.25) is 5.91 Å². The van der Waals surface area contributed by atoms with Crippen LogP contribution < -0.4 is 5.32 Å². The lowest BCUT2D eigenvalue weighted by Gasteiger charge is -2.22. The maximum absolute atomic E-state index is 12.4. The molecule has 1 aromatic carbocycles. The Labute approximate surface area is 121 Å². The molecule has 0 heterocycles. The van der Waals surface area contributed by atoms with Crippen LogP contribution >= 0.6 is 0 Å². The van der Waals surface area contributed by atoms with Gasteiger partial charge in [-0.1, -0.05) is 17.7 Å². The van der Waals surface area contributed by atoms with Crippen LogP contribution in [0.2, 0.25) is 0 Å². The Kier molecular flexibility index (Phi) is 6.17. The Morgan fingerprint density at radius 1 is 1.33 bits per heavy atom. The van der Waals surface area contributed by atoms with Crippen LogP contribution in [0, 0.1) is 13.8 Å². The summed E-state index contributed by atoms with van der Waals surface area (Å²) in [4.78, 5) is 12.7. The number of alkyl halides is 3. The third kappa shape index (κ3) is 6.59. The lowest BCUT2D eigenvalue weighted by atomic mass is 10.1. The van der Waals surface area contributed by atoms with Crippen LogP contribution in [0.3, 0.4) is 0 Å². The SMILES string of the molecule is Cc1ccc(NC(=O)CN(CCO)CC(F)(F)F)c(C)c1. The van der Waals surface area contributed by atoms with Gasteiger partial charge in [-0.3, -0.25) is 9.69 Å². The number of hydrogen-bond donors (Lipinski definition) is 2. The highest BCUT2D eigenvalue weighted by molar-refractivity contribution is 5.93. The Morgan fingerprint density at radius 2 is 2.00 bits per heavy atom. The van der Waals surface area contributed by atoms with Crippen molar-refractivity contribution in [2.24, 2.45) is 0 Å². The molecule has 0 aliphatic heterocycles. The normalized spacial score (nSPS) is 11.8. The molecule has 1 amide bonds. The lowest BCUT2D eigenvalue weighted by molar-refractivity contribution is -0.148. The van der Waals surface area contributed by atoms with Crippen LogP contribution in [-0.4, -0.2) is 48.3 Å². The largest absolute Gasteiger partial charge is 0.401 e. The molecule has 0 saturated carbocycles. The molecule has 0 aromatic heterocycles. The number of aliphatic hydroxyl groups excluding tert-OH is 1. The monoisotopic (exact) mass is 304 g/mol. The second kappa shape index (κ2) is 7.42. The number of aryl methyl sites for hydroxylation is 2. The Bertz CT molecular complexity index is 490. The van der Waals surface area contributed by atoms with Crippen molar-refractivity contribution in [2.75, 3.05) is 31.6 Å². The molecule has 0 aliphatic carbocycles. The smallest absolute Gasteiger partial charge is 0.395 e. The van der Waals surface area contributed by atoms with Gasteiger partial charge in [0.15, 0.2) is 0 Å². The fourth-order valence-corrected chi connectivity index (χ4v) is 1.96. The molecule has 0 atom stereocenters. The number of carbonyl (C=O) groups excluding carboxylic acids is 1. The molecular weight excluding hydrogens is 285 g/mol. The Hall–Kier alpha value is -1.60. The molecule has 1 aromatic rings. The summed E-state index contributed by atoms with van der Waals surface area (Å²) in [5.41, 5.74) is 2.44. The third-order valence-electron chi connectivity index (χ3n) is 2.84. The Balaban J connectivity index is 2.65. The van der Waals surface area contributed by atoms with Crippen molar-refractivity contribution < 1.29 is 23.1 Å². The van der Waals surface area contributed by atoms with Crippen LogP contribution in [0.1, 0.15) is 11.1 Å². The molecule has 0 spiro atoms. The summed E-state index contributed by atoms with van der Waals surface area (Å²) in [6.07, 6.45) is -4.41. The number of benzene rings is 1. The summed E-state index contributed by atoms with van der Waals surface area (Å²) >= 11 is 0. The molecule has 4 nitrogen and oxygen atoms in total. The summed E-state index contributed by atoms with van der Waals surface area (Å²) in [5.74, 6) is -0.542. The van der Waals surface area contributed by atoms with Crippen molar-refractivity contribution in [1.29, 1.82) is 0 Å². The predicted octanol–water partition coefficient (Wildman–Crippen LogP) is 2.10. The molecule has 0 bridgehead atoms. The van der Waals surface area contributed by atoms with E-state index in [1.54, 1.807) is 6.07 Å². The van der Waals surface area contributed by atoms with Gasteiger partial charge in [0.1, 0.15) is 0 Å². The zero-order valence-electron chi connectivity index (χ0n) is 12.0. The fourth-order valence-electron chi connectivity index (χ4n) is 1.96. The number of anilines is 1. The van der Waals surface area contributed by atoms with Gasteiger partial charge >= 0.3 is 6.18 Å². The van der Waals surface area contributed by atoms with Crippen molar-refractivity contribution in [1.82, 2.24) is 4.90 Å². The molecule has 0 unspecified atom stereocenters. The molecule has 118 valence electrons. The standard InChI is InChI=1S/C14H19F3N2O2/c1-10-3-4-12(11(2)7-10)18-13(21)8-19(5-6-20)9-14(15,16)17/h3-4,7,20H,5-6,8-9H2,1-2H3,(H,18,21). The highest BCUT2D eigenvalue weighted by atomic mass is 19.4. The summed E-state index contributed by atoms with van der Waals surface area (Å²) < 4.78 is 37.1. The van der Waals surface area contributed by atoms with E-state index >= 15 is 0 Å². The first-order valence-electron chi connectivity index (χ1n) is 6.48. The van der Waals surface area contributed by atoms with Gasteiger partial charge in [0.05, 0.1) is 19.7 Å². The second-order valence-electron chi connectivity index (χ2n) is 4.92. The van der Waals surface area contributed by atoms with Gasteiger partial charge in [0, 0.05) is 12.2 Å². The van der Waals surface area contributed by atoms with E-state index in [4.69, 9.17) is 5.11 Å². The molecule has 0 radical (unpaired) electrons. The molecule has 0 fully saturated rings. The van der Waals surface area contributed by atoms with E-state index < -0.39 is 31.8 Å². The molecule has 7 heteroatoms. The molecule has 1 rings (SSSR count). The van der Waals surface area contributed by atoms with E-state index in [9.17, 15) is 18.0 Å². The average molecular weight is 304 g/mol. The predicted molar refractivity (Wildman–Crippen MR) is 74.1 cm³/mol. The fraction of sp³-hybridized carbons (Fsp3) is 0.500. The number of rotatable bonds is 6. The summed E-state index contributed by atoms with van der Waals surface area (Å²) in [6.45, 7) is 1.42. The van der Waals surface area contributed by atoms with Gasteiger partial charge in [-0.25, -0.2) is 0 Å². The molecule has 0 aliphatic rings. The minimum Gasteiger partial charge on any atom is -0.395 e. The van der Waals surface area contributed by atoms with E-state index in [0.29, 0.717) is 5.69 Å². The number of halogens is 3. The number of hydrogen-bond acceptors (Lipinski definition) is 3. The third-order valence-corrected chi connectivity index (χ3v) is 2.84. The van der Waals surface area contributed by atoms with Crippen molar-refractivity contribution >= 4 is 11.6 Å². The number of amides is 1. The van der Waals surface area contributed by atoms with E-state index in [1.165, 1.54) is 0 Å². The van der Waals surface area contributed by atoms with Gasteiger partial charge in [0.25, 0.3) is 0 Å². The quantitative estimate of drug-likeness (QED) is 0.846. The van der Waals surface area contributed by atoms with Gasteiger partial charge in [-0.05, 0) is 25.5 Å². The van der Waals surface area contributed by atoms with Crippen LogP contribution in [0.15, 0.2) is 18.2 Å². The lowest BCUT2D eigenvalue weighted by Crippen LogP contribution is -2.41. The summed E-state index contributed by atoms with van der Waals surface area (Å²) in [6, 6.07) is 5.39. The first-order chi connectivity index (χ1) is 9.71. The average Bonchev–Trinajstić information content (AvgIpc) is 2.31. The van der Waals surface area contributed by atoms with E-state index in [-0.39, 0.29) is 6.54 Å². The molecular formula is C14H19F3N2O2. The zero-order valence-corrected chi connectivity index (χ0v) is 12.0. The van der Waals surface area contributed by atoms with Gasteiger partial charge in [-0.2, -0.15) is 13.2 Å². The maximum Gasteiger partial charge on any atom is 0.401 e. The molecule has 21 heavy (non-hydrogen) atoms. The highest BCUT2D eigenvalue weighted by Crippen LogP contribution is 2.18. The first-order valence-corrected chi connectivity index (χ1v) is 6.48. The Morgan fingerprint density at radius 3 is 2.52 bits per heavy atom. The maximum atomic E-state index is 12.4. The number of carbonyl (C=O) groups is 1. The van der Waals surface area contributed by atoms with E-state index in [1.807, 2.05) is 26.0 Å². The van der Waals surface area contributed by atoms with Crippen molar-refractivity contribution in [3.05, 3.63) is 29.3 Å². The van der Waals surface area contributed by atoms with Crippen LogP contribution in [-0.2, 0) is 4.79 Å². The number of aliphatic hydroxyl groups is 1. The van der Waals surface area contributed by atoms with Crippen molar-refractivity contribution in [3.8, 4) is 0 Å². The zero-order chi connectivity index (χ0) is 16.0. The summed E-state index contributed by atoms with van der Waals surface area (Å²) in [7, 11) is 0. The number of nitrogens with one attached hydrogen (secondary N) is 1. The summed E-state index contributed by atoms with van der Waals surface area (Å²) in [5, 5.41) is 11.4. The minimum absolute atomic E-state index is 0.209. The second-order valence-corrected chi connectivity index (χ2v) is 4.92. The van der Waals surface area contributed by atoms with Gasteiger partial charge < -0.3 is 10.4 Å². The van der Waals surface area contributed by atoms with E-state index in [0.717, 1.165) is 16.0 Å².